The Kier molecular flexibility index (Phi) is 2.23. The van der Waals surface area contributed by atoms with Gasteiger partial charge in [0, 0.05) is 5.70 Å². The smallest absolute Gasteiger partial charge is 0.00551 e. The highest BCUT2D eigenvalue weighted by Gasteiger charge is 1.96. The highest BCUT2D eigenvalue weighted by molar-refractivity contribution is 5.90. The molecule has 0 aliphatic rings. The van der Waals surface area contributed by atoms with Gasteiger partial charge in [-0.05, 0) is 29.3 Å². The molecule has 0 fully saturated rings. The molecule has 0 bridgehead atoms. The van der Waals surface area contributed by atoms with Crippen molar-refractivity contribution in [3.63, 3.8) is 0 Å². The third-order valence-corrected chi connectivity index (χ3v) is 2.21. The first-order chi connectivity index (χ1) is 6.77. The summed E-state index contributed by atoms with van der Waals surface area (Å²) in [6.45, 7) is 1.90. The largest absolute Gasteiger partial charge is 0.402 e. The van der Waals surface area contributed by atoms with Crippen molar-refractivity contribution in [2.45, 2.75) is 6.92 Å². The third kappa shape index (κ3) is 1.62. The number of allylic oxidation sites excluding steroid dienone is 1. The minimum absolute atomic E-state index is 0.835. The maximum Gasteiger partial charge on any atom is 0.00551 e. The summed E-state index contributed by atoms with van der Waals surface area (Å²) >= 11 is 0. The maximum absolute atomic E-state index is 5.68. The van der Waals surface area contributed by atoms with Crippen molar-refractivity contribution in [1.82, 2.24) is 0 Å². The second-order valence-electron chi connectivity index (χ2n) is 3.46. The highest BCUT2D eigenvalue weighted by Crippen LogP contribution is 2.19. The average molecular weight is 183 g/mol. The number of hydrogen-bond acceptors (Lipinski definition) is 1. The predicted molar refractivity (Wildman–Crippen MR) is 61.8 cm³/mol. The van der Waals surface area contributed by atoms with Gasteiger partial charge >= 0.3 is 0 Å². The Hall–Kier alpha value is -1.76. The van der Waals surface area contributed by atoms with Gasteiger partial charge in [0.1, 0.15) is 0 Å². The second kappa shape index (κ2) is 3.54. The lowest BCUT2D eigenvalue weighted by Gasteiger charge is -2.02. The monoisotopic (exact) mass is 183 g/mol. The van der Waals surface area contributed by atoms with E-state index in [1.165, 1.54) is 16.3 Å². The Morgan fingerprint density at radius 3 is 2.57 bits per heavy atom. The Labute approximate surface area is 83.9 Å². The van der Waals surface area contributed by atoms with Gasteiger partial charge in [0.05, 0.1) is 0 Å². The van der Waals surface area contributed by atoms with Crippen molar-refractivity contribution >= 4 is 16.8 Å². The molecule has 1 heteroatoms. The van der Waals surface area contributed by atoms with Crippen LogP contribution in [0.1, 0.15) is 12.5 Å². The SMILES string of the molecule is C/C(N)=C/c1cccc2ccccc12. The number of nitrogens with two attached hydrogens (primary N) is 1. The summed E-state index contributed by atoms with van der Waals surface area (Å²) in [6, 6.07) is 14.6. The minimum atomic E-state index is 0.835. The van der Waals surface area contributed by atoms with Crippen molar-refractivity contribution < 1.29 is 0 Å². The summed E-state index contributed by atoms with van der Waals surface area (Å²) in [5.41, 5.74) is 7.69. The summed E-state index contributed by atoms with van der Waals surface area (Å²) in [5.74, 6) is 0. The van der Waals surface area contributed by atoms with Gasteiger partial charge in [0.15, 0.2) is 0 Å². The van der Waals surface area contributed by atoms with Crippen molar-refractivity contribution in [3.05, 3.63) is 53.7 Å². The molecule has 0 spiro atoms. The molecule has 0 aromatic heterocycles. The first-order valence-corrected chi connectivity index (χ1v) is 4.69. The molecule has 2 rings (SSSR count). The predicted octanol–water partition coefficient (Wildman–Crippen LogP) is 3.16. The molecule has 0 radical (unpaired) electrons. The van der Waals surface area contributed by atoms with Crippen molar-refractivity contribution in [2.24, 2.45) is 5.73 Å². The molecule has 2 aromatic carbocycles. The van der Waals surface area contributed by atoms with Gasteiger partial charge in [-0.25, -0.2) is 0 Å². The molecule has 0 unspecified atom stereocenters. The number of benzene rings is 2. The fourth-order valence-corrected chi connectivity index (χ4v) is 1.62. The van der Waals surface area contributed by atoms with E-state index < -0.39 is 0 Å². The zero-order valence-electron chi connectivity index (χ0n) is 8.20. The molecule has 0 aliphatic carbocycles. The van der Waals surface area contributed by atoms with E-state index in [0.717, 1.165) is 5.70 Å². The maximum atomic E-state index is 5.68. The van der Waals surface area contributed by atoms with Gasteiger partial charge in [-0.3, -0.25) is 0 Å². The summed E-state index contributed by atoms with van der Waals surface area (Å²) in [7, 11) is 0. The summed E-state index contributed by atoms with van der Waals surface area (Å²) in [4.78, 5) is 0. The van der Waals surface area contributed by atoms with Gasteiger partial charge in [-0.2, -0.15) is 0 Å². The van der Waals surface area contributed by atoms with Crippen molar-refractivity contribution in [1.29, 1.82) is 0 Å². The Balaban J connectivity index is 2.71. The first kappa shape index (κ1) is 8.82. The van der Waals surface area contributed by atoms with Crippen LogP contribution in [0, 0.1) is 0 Å². The number of rotatable bonds is 1. The molecular formula is C13H13N. The fourth-order valence-electron chi connectivity index (χ4n) is 1.62. The van der Waals surface area contributed by atoms with E-state index in [0.29, 0.717) is 0 Å². The van der Waals surface area contributed by atoms with Gasteiger partial charge < -0.3 is 5.73 Å². The quantitative estimate of drug-likeness (QED) is 0.722. The molecule has 0 atom stereocenters. The van der Waals surface area contributed by atoms with Crippen molar-refractivity contribution in [3.8, 4) is 0 Å². The van der Waals surface area contributed by atoms with Crippen LogP contribution in [0.4, 0.5) is 0 Å². The van der Waals surface area contributed by atoms with Gasteiger partial charge in [-0.1, -0.05) is 42.5 Å². The number of hydrogen-bond donors (Lipinski definition) is 1. The van der Waals surface area contributed by atoms with Crippen LogP contribution in [0.5, 0.6) is 0 Å². The lowest BCUT2D eigenvalue weighted by atomic mass is 10.0. The molecule has 2 N–H and O–H groups in total. The standard InChI is InChI=1S/C13H13N/c1-10(14)9-12-7-4-6-11-5-2-3-8-13(11)12/h2-9H,14H2,1H3/b10-9-. The van der Waals surface area contributed by atoms with Crippen LogP contribution >= 0.6 is 0 Å². The van der Waals surface area contributed by atoms with E-state index in [2.05, 4.69) is 30.3 Å². The lowest BCUT2D eigenvalue weighted by molar-refractivity contribution is 1.34. The van der Waals surface area contributed by atoms with Crippen LogP contribution in [0.15, 0.2) is 48.2 Å². The average Bonchev–Trinajstić information content (AvgIpc) is 2.18. The zero-order valence-corrected chi connectivity index (χ0v) is 8.20. The summed E-state index contributed by atoms with van der Waals surface area (Å²) in [6.07, 6.45) is 2.00. The molecule has 14 heavy (non-hydrogen) atoms. The fraction of sp³-hybridized carbons (Fsp3) is 0.0769. The Morgan fingerprint density at radius 1 is 1.07 bits per heavy atom. The van der Waals surface area contributed by atoms with E-state index in [1.807, 2.05) is 25.1 Å². The van der Waals surface area contributed by atoms with Crippen LogP contribution in [0.3, 0.4) is 0 Å². The Morgan fingerprint density at radius 2 is 1.79 bits per heavy atom. The van der Waals surface area contributed by atoms with Gasteiger partial charge in [0.25, 0.3) is 0 Å². The summed E-state index contributed by atoms with van der Waals surface area (Å²) < 4.78 is 0. The second-order valence-corrected chi connectivity index (χ2v) is 3.46. The van der Waals surface area contributed by atoms with Gasteiger partial charge in [-0.15, -0.1) is 0 Å². The van der Waals surface area contributed by atoms with E-state index in [4.69, 9.17) is 5.73 Å². The molecular weight excluding hydrogens is 170 g/mol. The molecule has 0 amide bonds. The normalized spacial score (nSPS) is 11.9. The Bertz CT molecular complexity index is 474. The molecule has 0 saturated carbocycles. The lowest BCUT2D eigenvalue weighted by Crippen LogP contribution is -1.89. The van der Waals surface area contributed by atoms with Crippen LogP contribution in [0.2, 0.25) is 0 Å². The highest BCUT2D eigenvalue weighted by atomic mass is 14.5. The van der Waals surface area contributed by atoms with Gasteiger partial charge in [0.2, 0.25) is 0 Å². The minimum Gasteiger partial charge on any atom is -0.402 e. The molecule has 1 nitrogen and oxygen atoms in total. The third-order valence-electron chi connectivity index (χ3n) is 2.21. The zero-order chi connectivity index (χ0) is 9.97. The van der Waals surface area contributed by atoms with Crippen LogP contribution < -0.4 is 5.73 Å². The first-order valence-electron chi connectivity index (χ1n) is 4.69. The van der Waals surface area contributed by atoms with Crippen LogP contribution in [-0.2, 0) is 0 Å². The molecule has 2 aromatic rings. The van der Waals surface area contributed by atoms with E-state index >= 15 is 0 Å². The van der Waals surface area contributed by atoms with E-state index in [1.54, 1.807) is 0 Å². The van der Waals surface area contributed by atoms with Crippen molar-refractivity contribution in [2.75, 3.05) is 0 Å². The topological polar surface area (TPSA) is 26.0 Å². The summed E-state index contributed by atoms with van der Waals surface area (Å²) in [5, 5.41) is 2.50. The number of fused-ring (bicyclic) bond motifs is 1. The van der Waals surface area contributed by atoms with E-state index in [9.17, 15) is 0 Å². The van der Waals surface area contributed by atoms with E-state index in [-0.39, 0.29) is 0 Å². The van der Waals surface area contributed by atoms with Crippen LogP contribution in [-0.4, -0.2) is 0 Å². The van der Waals surface area contributed by atoms with Crippen LogP contribution in [0.25, 0.3) is 16.8 Å². The molecule has 0 aliphatic heterocycles. The molecule has 70 valence electrons. The molecule has 0 heterocycles. The molecule has 0 saturated heterocycles.